The van der Waals surface area contributed by atoms with Gasteiger partial charge in [0.05, 0.1) is 0 Å². The molecule has 0 aliphatic carbocycles. The minimum atomic E-state index is -1.08. The zero-order chi connectivity index (χ0) is 17.7. The summed E-state index contributed by atoms with van der Waals surface area (Å²) < 4.78 is 0. The van der Waals surface area contributed by atoms with Gasteiger partial charge in [-0.1, -0.05) is 0 Å². The molecule has 0 bridgehead atoms. The molecule has 4 N–H and O–H groups in total. The first-order valence-corrected chi connectivity index (χ1v) is 4.95. The van der Waals surface area contributed by atoms with Gasteiger partial charge in [-0.3, -0.25) is 0 Å². The third-order valence-corrected chi connectivity index (χ3v) is 0.167. The van der Waals surface area contributed by atoms with Crippen LogP contribution in [0.25, 0.3) is 0 Å². The van der Waals surface area contributed by atoms with Crippen molar-refractivity contribution in [3.05, 3.63) is 0 Å². The summed E-state index contributed by atoms with van der Waals surface area (Å²) in [6, 6.07) is 0. The van der Waals surface area contributed by atoms with Crippen LogP contribution in [0, 0.1) is 0 Å². The molecule has 0 amide bonds. The van der Waals surface area contributed by atoms with E-state index in [0.717, 1.165) is 27.7 Å². The molecule has 0 fully saturated rings. The normalized spacial score (nSPS) is 6.19. The number of carboxylic acids is 4. The number of hydrogen-bond donors (Lipinski definition) is 2. The predicted molar refractivity (Wildman–Crippen MR) is 68.8 cm³/mol. The van der Waals surface area contributed by atoms with Gasteiger partial charge < -0.3 is 51.1 Å². The van der Waals surface area contributed by atoms with Gasteiger partial charge in [-0.15, -0.1) is 0 Å². The van der Waals surface area contributed by atoms with E-state index in [9.17, 15) is 0 Å². The second-order valence-corrected chi connectivity index (χ2v) is 2.54. The monoisotopic (exact) mass is 338 g/mol. The second kappa shape index (κ2) is 36.4. The summed E-state index contributed by atoms with van der Waals surface area (Å²) in [6.45, 7) is 5.08. The minimum Gasteiger partial charge on any atom is -0.550 e. The van der Waals surface area contributed by atoms with Crippen molar-refractivity contribution >= 4 is 61.6 Å². The molecule has 0 aliphatic rings. The van der Waals surface area contributed by atoms with E-state index in [4.69, 9.17) is 51.1 Å². The third-order valence-electron chi connectivity index (χ3n) is 0.167. The molecular formula is C10H22CaN2O8. The van der Waals surface area contributed by atoms with Crippen molar-refractivity contribution in [2.45, 2.75) is 27.7 Å². The number of hydrogen-bond acceptors (Lipinski definition) is 10. The first kappa shape index (κ1) is 36.9. The van der Waals surface area contributed by atoms with Gasteiger partial charge in [-0.05, 0) is 27.7 Å². The van der Waals surface area contributed by atoms with Crippen molar-refractivity contribution in [3.8, 4) is 0 Å². The molecule has 0 saturated carbocycles. The molecule has 0 heterocycles. The van der Waals surface area contributed by atoms with Crippen LogP contribution in [-0.2, 0) is 19.2 Å². The molecule has 0 atom stereocenters. The number of carbonyl (C=O) groups excluding carboxylic acids is 4. The molecule has 0 rings (SSSR count). The molecule has 0 saturated heterocycles. The molecule has 11 heteroatoms. The maximum atomic E-state index is 8.89. The van der Waals surface area contributed by atoms with Crippen molar-refractivity contribution in [2.75, 3.05) is 13.1 Å². The number of carbonyl (C=O) groups is 4. The van der Waals surface area contributed by atoms with E-state index in [1.807, 2.05) is 0 Å². The van der Waals surface area contributed by atoms with Crippen LogP contribution in [0.3, 0.4) is 0 Å². The van der Waals surface area contributed by atoms with Crippen molar-refractivity contribution < 1.29 is 42.5 Å². The summed E-state index contributed by atoms with van der Waals surface area (Å²) in [4.78, 5) is 35.6. The van der Waals surface area contributed by atoms with Gasteiger partial charge in [0.2, 0.25) is 0 Å². The molecule has 0 unspecified atom stereocenters. The Balaban J connectivity index is -0.0000000197. The van der Waals surface area contributed by atoms with Gasteiger partial charge in [-0.25, -0.2) is 0 Å². The average molecular weight is 338 g/mol. The Hall–Kier alpha value is -0.940. The smallest absolute Gasteiger partial charge is 0.550 e. The Morgan fingerprint density at radius 1 is 0.667 bits per heavy atom. The Bertz CT molecular complexity index is 205. The van der Waals surface area contributed by atoms with Crippen LogP contribution >= 0.6 is 0 Å². The fourth-order valence-corrected chi connectivity index (χ4v) is 0. The molecule has 0 radical (unpaired) electrons. The summed E-state index contributed by atoms with van der Waals surface area (Å²) in [5.41, 5.74) is 9.81. The summed E-state index contributed by atoms with van der Waals surface area (Å²) >= 11 is 0. The summed E-state index contributed by atoms with van der Waals surface area (Å²) in [6.07, 6.45) is 0. The van der Waals surface area contributed by atoms with E-state index in [0.29, 0.717) is 13.1 Å². The van der Waals surface area contributed by atoms with E-state index < -0.39 is 23.9 Å². The molecule has 0 aromatic rings. The zero-order valence-electron chi connectivity index (χ0n) is 14.5. The van der Waals surface area contributed by atoms with Crippen molar-refractivity contribution in [3.63, 3.8) is 0 Å². The van der Waals surface area contributed by atoms with Crippen LogP contribution in [0.5, 0.6) is 0 Å². The average Bonchev–Trinajstić information content (AvgIpc) is 2.13. The first-order chi connectivity index (χ1) is 8.84. The fraction of sp³-hybridized carbons (Fsp3) is 0.600. The van der Waals surface area contributed by atoms with Gasteiger partial charge in [0.1, 0.15) is 0 Å². The number of nitrogens with two attached hydrogens (primary N) is 2. The van der Waals surface area contributed by atoms with Crippen molar-refractivity contribution in [2.24, 2.45) is 11.5 Å². The Morgan fingerprint density at radius 3 is 0.714 bits per heavy atom. The van der Waals surface area contributed by atoms with Crippen LogP contribution in [0.4, 0.5) is 0 Å². The summed E-state index contributed by atoms with van der Waals surface area (Å²) in [5, 5.41) is 35.6. The molecular weight excluding hydrogens is 316 g/mol. The van der Waals surface area contributed by atoms with Gasteiger partial charge in [0.25, 0.3) is 0 Å². The van der Waals surface area contributed by atoms with Crippen LogP contribution in [0.15, 0.2) is 0 Å². The van der Waals surface area contributed by atoms with E-state index in [-0.39, 0.29) is 40.6 Å². The zero-order valence-corrected chi connectivity index (χ0v) is 14.8. The van der Waals surface area contributed by atoms with Crippen LogP contribution < -0.4 is 31.9 Å². The quantitative estimate of drug-likeness (QED) is 0.431. The van der Waals surface area contributed by atoms with Crippen LogP contribution in [0.2, 0.25) is 0 Å². The van der Waals surface area contributed by atoms with Crippen molar-refractivity contribution in [1.29, 1.82) is 0 Å². The predicted octanol–water partition coefficient (Wildman–Crippen LogP) is -6.23. The van der Waals surface area contributed by atoms with Gasteiger partial charge in [0, 0.05) is 37.0 Å². The minimum absolute atomic E-state index is 0. The van der Waals surface area contributed by atoms with E-state index in [2.05, 4.69) is 0 Å². The SMILES string of the molecule is CC(=O)[O-].CC(=O)[O-].CC(=O)[O-].CC(=O)[O-].NCCN.[Ca+2].[H+].[H+]. The van der Waals surface area contributed by atoms with Gasteiger partial charge in [0.15, 0.2) is 0 Å². The molecule has 0 aliphatic heterocycles. The van der Waals surface area contributed by atoms with Gasteiger partial charge >= 0.3 is 40.6 Å². The number of rotatable bonds is 1. The first-order valence-electron chi connectivity index (χ1n) is 4.95. The fourth-order valence-electron chi connectivity index (χ4n) is 0. The number of aliphatic carboxylic acids is 4. The molecule has 10 nitrogen and oxygen atoms in total. The molecule has 0 aromatic heterocycles. The van der Waals surface area contributed by atoms with E-state index in [1.54, 1.807) is 0 Å². The van der Waals surface area contributed by atoms with Crippen LogP contribution in [0.1, 0.15) is 30.5 Å². The van der Waals surface area contributed by atoms with Crippen molar-refractivity contribution in [1.82, 2.24) is 0 Å². The third kappa shape index (κ3) is 1550000. The molecule has 122 valence electrons. The largest absolute Gasteiger partial charge is 2.00 e. The van der Waals surface area contributed by atoms with Crippen LogP contribution in [-0.4, -0.2) is 74.7 Å². The van der Waals surface area contributed by atoms with E-state index in [1.165, 1.54) is 0 Å². The second-order valence-electron chi connectivity index (χ2n) is 2.54. The molecule has 0 spiro atoms. The standard InChI is InChI=1S/C2H8N2.4C2H4O2.Ca/c3-1-2-4;4*1-2(3)4;/h1-4H2;4*1H3,(H,3,4);/q;;;;;+2/p-2. The number of carboxylic acid groups (broad SMARTS) is 4. The Kier molecular flexibility index (Phi) is 64.0. The maximum Gasteiger partial charge on any atom is 2.00 e. The van der Waals surface area contributed by atoms with Gasteiger partial charge in [-0.2, -0.15) is 0 Å². The topological polar surface area (TPSA) is 213 Å². The van der Waals surface area contributed by atoms with E-state index >= 15 is 0 Å². The molecule has 21 heavy (non-hydrogen) atoms. The maximum absolute atomic E-state index is 8.89. The Morgan fingerprint density at radius 2 is 0.714 bits per heavy atom. The molecule has 0 aromatic carbocycles. The summed E-state index contributed by atoms with van der Waals surface area (Å²) in [7, 11) is 0. The Labute approximate surface area is 156 Å². The summed E-state index contributed by atoms with van der Waals surface area (Å²) in [5.74, 6) is -4.33.